The number of aromatic nitrogens is 1. The molecule has 0 aliphatic heterocycles. The molecule has 37 heavy (non-hydrogen) atoms. The van der Waals surface area contributed by atoms with Crippen LogP contribution >= 0.6 is 0 Å². The Balaban J connectivity index is 1.58. The van der Waals surface area contributed by atoms with Crippen LogP contribution in [-0.4, -0.2) is 32.7 Å². The molecule has 0 saturated heterocycles. The second-order valence-corrected chi connectivity index (χ2v) is 11.6. The third-order valence-corrected chi connectivity index (χ3v) is 8.44. The fourth-order valence-corrected chi connectivity index (χ4v) is 6.04. The van der Waals surface area contributed by atoms with Crippen molar-refractivity contribution in [3.63, 3.8) is 0 Å². The predicted octanol–water partition coefficient (Wildman–Crippen LogP) is 6.02. The zero-order valence-electron chi connectivity index (χ0n) is 22.1. The third-order valence-electron chi connectivity index (χ3n) is 8.44. The van der Waals surface area contributed by atoms with E-state index in [1.165, 1.54) is 32.1 Å². The van der Waals surface area contributed by atoms with Crippen LogP contribution in [0.5, 0.6) is 0 Å². The normalized spacial score (nSPS) is 20.5. The fraction of sp³-hybridized carbons (Fsp3) is 0.484. The first kappa shape index (κ1) is 25.5. The van der Waals surface area contributed by atoms with Crippen molar-refractivity contribution >= 4 is 22.6 Å². The average molecular weight is 503 g/mol. The summed E-state index contributed by atoms with van der Waals surface area (Å²) in [6.45, 7) is 6.48. The number of carbonyl (C=O) groups is 2. The van der Waals surface area contributed by atoms with E-state index >= 15 is 0 Å². The lowest BCUT2D eigenvalue weighted by Crippen LogP contribution is -2.46. The molecule has 0 atom stereocenters. The van der Waals surface area contributed by atoms with Gasteiger partial charge in [0.25, 0.3) is 5.91 Å². The number of aliphatic carboxylic acids is 1. The average Bonchev–Trinajstić information content (AvgIpc) is 3.16. The molecule has 3 aromatic rings. The van der Waals surface area contributed by atoms with Gasteiger partial charge in [0.1, 0.15) is 0 Å². The molecule has 1 heterocycles. The largest absolute Gasteiger partial charge is 0.481 e. The molecule has 0 unspecified atom stereocenters. The molecule has 6 nitrogen and oxygen atoms in total. The Kier molecular flexibility index (Phi) is 6.88. The topological polar surface area (TPSA) is 91.6 Å². The monoisotopic (exact) mass is 502 g/mol. The summed E-state index contributed by atoms with van der Waals surface area (Å²) in [7, 11) is 0. The van der Waals surface area contributed by atoms with Crippen molar-refractivity contribution in [3.05, 3.63) is 59.3 Å². The molecule has 5 rings (SSSR count). The van der Waals surface area contributed by atoms with Crippen LogP contribution < -0.4 is 5.32 Å². The second-order valence-electron chi connectivity index (χ2n) is 11.6. The quantitative estimate of drug-likeness (QED) is 0.369. The summed E-state index contributed by atoms with van der Waals surface area (Å²) in [5, 5.41) is 25.3. The predicted molar refractivity (Wildman–Crippen MR) is 146 cm³/mol. The lowest BCUT2D eigenvalue weighted by atomic mass is 9.80. The van der Waals surface area contributed by atoms with Crippen molar-refractivity contribution < 1.29 is 19.8 Å². The number of aliphatic hydroxyl groups is 1. The Labute approximate surface area is 218 Å². The van der Waals surface area contributed by atoms with Gasteiger partial charge in [-0.15, -0.1) is 0 Å². The molecule has 0 spiro atoms. The van der Waals surface area contributed by atoms with Crippen molar-refractivity contribution in [2.45, 2.75) is 83.9 Å². The summed E-state index contributed by atoms with van der Waals surface area (Å²) < 4.78 is 2.31. The number of benzene rings is 2. The summed E-state index contributed by atoms with van der Waals surface area (Å²) in [6, 6.07) is 14.2. The fourth-order valence-electron chi connectivity index (χ4n) is 6.04. The van der Waals surface area contributed by atoms with Gasteiger partial charge in [-0.2, -0.15) is 0 Å². The van der Waals surface area contributed by atoms with Crippen LogP contribution in [0.4, 0.5) is 0 Å². The first-order valence-electron chi connectivity index (χ1n) is 13.6. The summed E-state index contributed by atoms with van der Waals surface area (Å²) >= 11 is 0. The van der Waals surface area contributed by atoms with E-state index in [1.807, 2.05) is 31.2 Å². The maximum absolute atomic E-state index is 13.4. The molecule has 1 aromatic heterocycles. The summed E-state index contributed by atoms with van der Waals surface area (Å²) in [4.78, 5) is 24.6. The summed E-state index contributed by atoms with van der Waals surface area (Å²) in [5.74, 6) is -0.728. The zero-order chi connectivity index (χ0) is 26.3. The van der Waals surface area contributed by atoms with E-state index in [-0.39, 0.29) is 17.9 Å². The molecule has 6 heteroatoms. The molecular weight excluding hydrogens is 464 g/mol. The standard InChI is InChI=1S/C31H38N2O4/c1-19-26(29(34)32-24-14-22(15-24)30(35)36)17-28(33(19)18-20-9-5-4-6-10-20)27-16-23(31(2,3)37)13-21-11-7-8-12-25(21)27/h7-8,11-13,16-17,20,22,24,37H,4-6,9-10,14-15,18H2,1-3H3,(H,32,34)(H,35,36)/t22-,24-. The number of carbonyl (C=O) groups excluding carboxylic acids is 1. The number of carboxylic acid groups (broad SMARTS) is 1. The molecule has 2 aromatic carbocycles. The Morgan fingerprint density at radius 3 is 2.43 bits per heavy atom. The Hall–Kier alpha value is -3.12. The highest BCUT2D eigenvalue weighted by molar-refractivity contribution is 6.01. The maximum atomic E-state index is 13.4. The van der Waals surface area contributed by atoms with E-state index in [4.69, 9.17) is 0 Å². The van der Waals surface area contributed by atoms with E-state index in [0.717, 1.165) is 39.8 Å². The van der Waals surface area contributed by atoms with Crippen LogP contribution in [0.2, 0.25) is 0 Å². The molecular formula is C31H38N2O4. The Morgan fingerprint density at radius 1 is 1.05 bits per heavy atom. The highest BCUT2D eigenvalue weighted by atomic mass is 16.4. The minimum atomic E-state index is -1.00. The highest BCUT2D eigenvalue weighted by Gasteiger charge is 2.36. The van der Waals surface area contributed by atoms with Gasteiger partial charge in [0.15, 0.2) is 0 Å². The van der Waals surface area contributed by atoms with Crippen LogP contribution in [0.3, 0.4) is 0 Å². The van der Waals surface area contributed by atoms with Gasteiger partial charge in [0.2, 0.25) is 0 Å². The van der Waals surface area contributed by atoms with Crippen molar-refractivity contribution in [2.24, 2.45) is 11.8 Å². The van der Waals surface area contributed by atoms with E-state index in [2.05, 4.69) is 28.1 Å². The van der Waals surface area contributed by atoms with Gasteiger partial charge in [-0.05, 0) is 86.9 Å². The number of carboxylic acids is 1. The van der Waals surface area contributed by atoms with Crippen molar-refractivity contribution in [1.82, 2.24) is 9.88 Å². The first-order valence-corrected chi connectivity index (χ1v) is 13.6. The van der Waals surface area contributed by atoms with Crippen LogP contribution in [0.15, 0.2) is 42.5 Å². The zero-order valence-corrected chi connectivity index (χ0v) is 22.1. The molecule has 0 radical (unpaired) electrons. The molecule has 2 aliphatic rings. The van der Waals surface area contributed by atoms with Gasteiger partial charge in [0, 0.05) is 29.5 Å². The molecule has 2 aliphatic carbocycles. The number of nitrogens with one attached hydrogen (secondary N) is 1. The van der Waals surface area contributed by atoms with E-state index < -0.39 is 11.6 Å². The van der Waals surface area contributed by atoms with Crippen molar-refractivity contribution in [3.8, 4) is 11.3 Å². The Bertz CT molecular complexity index is 1320. The number of amides is 1. The summed E-state index contributed by atoms with van der Waals surface area (Å²) in [5.41, 5.74) is 3.42. The van der Waals surface area contributed by atoms with Crippen LogP contribution in [0.1, 0.15) is 80.4 Å². The van der Waals surface area contributed by atoms with Crippen molar-refractivity contribution in [1.29, 1.82) is 0 Å². The van der Waals surface area contributed by atoms with E-state index in [1.54, 1.807) is 13.8 Å². The van der Waals surface area contributed by atoms with Gasteiger partial charge in [-0.25, -0.2) is 0 Å². The molecule has 0 bridgehead atoms. The number of fused-ring (bicyclic) bond motifs is 1. The van der Waals surface area contributed by atoms with Gasteiger partial charge in [-0.3, -0.25) is 9.59 Å². The molecule has 2 saturated carbocycles. The van der Waals surface area contributed by atoms with Crippen LogP contribution in [-0.2, 0) is 16.9 Å². The second kappa shape index (κ2) is 9.97. The molecule has 1 amide bonds. The molecule has 196 valence electrons. The van der Waals surface area contributed by atoms with Crippen LogP contribution in [0.25, 0.3) is 22.0 Å². The number of nitrogens with zero attached hydrogens (tertiary/aromatic N) is 1. The minimum Gasteiger partial charge on any atom is -0.481 e. The Morgan fingerprint density at radius 2 is 1.76 bits per heavy atom. The van der Waals surface area contributed by atoms with Gasteiger partial charge in [0.05, 0.1) is 17.1 Å². The van der Waals surface area contributed by atoms with Gasteiger partial charge >= 0.3 is 5.97 Å². The number of hydrogen-bond acceptors (Lipinski definition) is 3. The third kappa shape index (κ3) is 5.17. The molecule has 2 fully saturated rings. The maximum Gasteiger partial charge on any atom is 0.306 e. The SMILES string of the molecule is Cc1c(C(=O)N[C@H]2C[C@H](C(=O)O)C2)cc(-c2cc(C(C)(C)O)cc3ccccc23)n1CC1CCCCC1. The van der Waals surface area contributed by atoms with E-state index in [0.29, 0.717) is 24.3 Å². The lowest BCUT2D eigenvalue weighted by Gasteiger charge is -2.32. The number of rotatable bonds is 7. The summed E-state index contributed by atoms with van der Waals surface area (Å²) in [6.07, 6.45) is 7.14. The van der Waals surface area contributed by atoms with Crippen molar-refractivity contribution in [2.75, 3.05) is 0 Å². The first-order chi connectivity index (χ1) is 17.6. The minimum absolute atomic E-state index is 0.0995. The van der Waals surface area contributed by atoms with Crippen LogP contribution in [0, 0.1) is 18.8 Å². The molecule has 3 N–H and O–H groups in total. The number of hydrogen-bond donors (Lipinski definition) is 3. The van der Waals surface area contributed by atoms with Gasteiger partial charge in [-0.1, -0.05) is 43.5 Å². The van der Waals surface area contributed by atoms with E-state index in [9.17, 15) is 19.8 Å². The smallest absolute Gasteiger partial charge is 0.306 e. The lowest BCUT2D eigenvalue weighted by molar-refractivity contribution is -0.145. The highest BCUT2D eigenvalue weighted by Crippen LogP contribution is 2.38. The van der Waals surface area contributed by atoms with Gasteiger partial charge < -0.3 is 20.1 Å².